The Morgan fingerprint density at radius 3 is 2.38 bits per heavy atom. The van der Waals surface area contributed by atoms with E-state index in [0.717, 1.165) is 12.0 Å². The van der Waals surface area contributed by atoms with Crippen LogP contribution < -0.4 is 10.0 Å². The second-order valence-corrected chi connectivity index (χ2v) is 7.78. The normalized spacial score (nSPS) is 12.3. The van der Waals surface area contributed by atoms with E-state index in [0.29, 0.717) is 11.4 Å². The zero-order valence-corrected chi connectivity index (χ0v) is 16.2. The molecule has 0 spiro atoms. The molecule has 0 unspecified atom stereocenters. The summed E-state index contributed by atoms with van der Waals surface area (Å²) in [6, 6.07) is 11.6. The first-order valence-corrected chi connectivity index (χ1v) is 9.83. The van der Waals surface area contributed by atoms with Crippen molar-refractivity contribution in [3.8, 4) is 0 Å². The lowest BCUT2D eigenvalue weighted by molar-refractivity contribution is 0.0600. The van der Waals surface area contributed by atoms with Gasteiger partial charge in [-0.15, -0.1) is 0 Å². The van der Waals surface area contributed by atoms with Crippen LogP contribution in [0.4, 0.5) is 11.4 Å². The Labute approximate surface area is 154 Å². The summed E-state index contributed by atoms with van der Waals surface area (Å²) < 4.78 is 33.1. The minimum absolute atomic E-state index is 0.00118. The van der Waals surface area contributed by atoms with Crippen molar-refractivity contribution in [1.82, 2.24) is 0 Å². The van der Waals surface area contributed by atoms with Crippen molar-refractivity contribution in [2.75, 3.05) is 17.1 Å². The lowest BCUT2D eigenvalue weighted by Crippen LogP contribution is -2.20. The molecule has 0 aliphatic heterocycles. The predicted molar refractivity (Wildman–Crippen MR) is 103 cm³/mol. The number of benzene rings is 2. The van der Waals surface area contributed by atoms with Gasteiger partial charge in [-0.05, 0) is 50.6 Å². The van der Waals surface area contributed by atoms with E-state index in [4.69, 9.17) is 4.74 Å². The molecule has 0 radical (unpaired) electrons. The zero-order valence-electron chi connectivity index (χ0n) is 15.4. The van der Waals surface area contributed by atoms with Crippen molar-refractivity contribution in [1.29, 1.82) is 0 Å². The highest BCUT2D eigenvalue weighted by Gasteiger charge is 2.22. The van der Waals surface area contributed by atoms with Crippen LogP contribution in [0.15, 0.2) is 47.4 Å². The largest absolute Gasteiger partial charge is 0.465 e. The van der Waals surface area contributed by atoms with E-state index in [1.807, 2.05) is 32.9 Å². The van der Waals surface area contributed by atoms with Crippen LogP contribution in [0.1, 0.15) is 36.2 Å². The highest BCUT2D eigenvalue weighted by Crippen LogP contribution is 2.27. The number of esters is 1. The van der Waals surface area contributed by atoms with Crippen molar-refractivity contribution < 1.29 is 17.9 Å². The van der Waals surface area contributed by atoms with Gasteiger partial charge in [-0.1, -0.05) is 24.6 Å². The molecule has 0 heterocycles. The van der Waals surface area contributed by atoms with Crippen molar-refractivity contribution in [3.63, 3.8) is 0 Å². The second-order valence-electron chi connectivity index (χ2n) is 6.13. The third-order valence-electron chi connectivity index (χ3n) is 4.01. The Kier molecular flexibility index (Phi) is 6.26. The van der Waals surface area contributed by atoms with Crippen molar-refractivity contribution >= 4 is 27.4 Å². The van der Waals surface area contributed by atoms with Gasteiger partial charge in [-0.2, -0.15) is 0 Å². The van der Waals surface area contributed by atoms with Gasteiger partial charge < -0.3 is 10.1 Å². The molecule has 0 aromatic heterocycles. The number of hydrogen-bond acceptors (Lipinski definition) is 5. The number of methoxy groups -OCH3 is 1. The van der Waals surface area contributed by atoms with Gasteiger partial charge in [-0.3, -0.25) is 4.72 Å². The predicted octanol–water partition coefficient (Wildman–Crippen LogP) is 3.79. The Bertz CT molecular complexity index is 877. The standard InChI is InChI=1S/C19H24N2O4S/c1-5-14(3)20-17-11-8-15(19(22)25-4)12-18(17)26(23,24)21-16-9-6-13(2)7-10-16/h6-12,14,20-21H,5H2,1-4H3/t14-/m1/s1. The number of carbonyl (C=O) groups excluding carboxylic acids is 1. The fraction of sp³-hybridized carbons (Fsp3) is 0.316. The number of sulfonamides is 1. The van der Waals surface area contributed by atoms with Gasteiger partial charge in [0.25, 0.3) is 10.0 Å². The molecular weight excluding hydrogens is 352 g/mol. The SMILES string of the molecule is CC[C@@H](C)Nc1ccc(C(=O)OC)cc1S(=O)(=O)Nc1ccc(C)cc1. The summed E-state index contributed by atoms with van der Waals surface area (Å²) in [6.07, 6.45) is 0.823. The van der Waals surface area contributed by atoms with Crippen LogP contribution in [0, 0.1) is 6.92 Å². The van der Waals surface area contributed by atoms with Crippen molar-refractivity contribution in [2.45, 2.75) is 38.1 Å². The maximum atomic E-state index is 12.9. The van der Waals surface area contributed by atoms with E-state index < -0.39 is 16.0 Å². The van der Waals surface area contributed by atoms with Crippen molar-refractivity contribution in [3.05, 3.63) is 53.6 Å². The number of rotatable bonds is 7. The molecule has 2 N–H and O–H groups in total. The summed E-state index contributed by atoms with van der Waals surface area (Å²) in [7, 11) is -2.64. The summed E-state index contributed by atoms with van der Waals surface area (Å²) in [5.74, 6) is -0.591. The summed E-state index contributed by atoms with van der Waals surface area (Å²) in [5, 5.41) is 3.17. The number of nitrogens with one attached hydrogen (secondary N) is 2. The fourth-order valence-electron chi connectivity index (χ4n) is 2.31. The number of anilines is 2. The van der Waals surface area contributed by atoms with Crippen LogP contribution in [-0.2, 0) is 14.8 Å². The van der Waals surface area contributed by atoms with Crippen LogP contribution >= 0.6 is 0 Å². The third kappa shape index (κ3) is 4.76. The maximum Gasteiger partial charge on any atom is 0.337 e. The van der Waals surface area contributed by atoms with E-state index in [2.05, 4.69) is 10.0 Å². The number of carbonyl (C=O) groups is 1. The molecule has 1 atom stereocenters. The summed E-state index contributed by atoms with van der Waals surface area (Å²) in [4.78, 5) is 11.8. The molecule has 0 aliphatic carbocycles. The van der Waals surface area contributed by atoms with Crippen LogP contribution in [0.2, 0.25) is 0 Å². The molecule has 0 fully saturated rings. The minimum atomic E-state index is -3.90. The average Bonchev–Trinajstić information content (AvgIpc) is 2.62. The Morgan fingerprint density at radius 2 is 1.81 bits per heavy atom. The molecule has 6 nitrogen and oxygen atoms in total. The summed E-state index contributed by atoms with van der Waals surface area (Å²) in [6.45, 7) is 5.88. The second kappa shape index (κ2) is 8.23. The van der Waals surface area contributed by atoms with Gasteiger partial charge >= 0.3 is 5.97 Å². The first-order chi connectivity index (χ1) is 12.3. The van der Waals surface area contributed by atoms with Gasteiger partial charge in [0.2, 0.25) is 0 Å². The lowest BCUT2D eigenvalue weighted by atomic mass is 10.2. The molecule has 2 aromatic carbocycles. The molecule has 0 amide bonds. The van der Waals surface area contributed by atoms with Crippen LogP contribution in [0.5, 0.6) is 0 Å². The van der Waals surface area contributed by atoms with Gasteiger partial charge in [0, 0.05) is 11.7 Å². The summed E-state index contributed by atoms with van der Waals surface area (Å²) in [5.41, 5.74) is 2.09. The molecule has 0 aliphatic rings. The lowest BCUT2D eigenvalue weighted by Gasteiger charge is -2.18. The quantitative estimate of drug-likeness (QED) is 0.718. The molecule has 0 saturated heterocycles. The zero-order chi connectivity index (χ0) is 19.3. The smallest absolute Gasteiger partial charge is 0.337 e. The van der Waals surface area contributed by atoms with Crippen LogP contribution in [0.25, 0.3) is 0 Å². The monoisotopic (exact) mass is 376 g/mol. The number of hydrogen-bond donors (Lipinski definition) is 2. The van der Waals surface area contributed by atoms with E-state index in [1.54, 1.807) is 24.3 Å². The fourth-order valence-corrected chi connectivity index (χ4v) is 3.56. The average molecular weight is 376 g/mol. The molecule has 7 heteroatoms. The molecule has 2 rings (SSSR count). The number of aryl methyl sites for hydroxylation is 1. The van der Waals surface area contributed by atoms with E-state index >= 15 is 0 Å². The Hall–Kier alpha value is -2.54. The molecule has 140 valence electrons. The first-order valence-electron chi connectivity index (χ1n) is 8.35. The Morgan fingerprint density at radius 1 is 1.15 bits per heavy atom. The third-order valence-corrected chi connectivity index (χ3v) is 5.43. The van der Waals surface area contributed by atoms with Gasteiger partial charge in [0.15, 0.2) is 0 Å². The maximum absolute atomic E-state index is 12.9. The summed E-state index contributed by atoms with van der Waals surface area (Å²) >= 11 is 0. The molecular formula is C19H24N2O4S. The number of ether oxygens (including phenoxy) is 1. The van der Waals surface area contributed by atoms with Crippen LogP contribution in [-0.4, -0.2) is 27.5 Å². The van der Waals surface area contributed by atoms with Gasteiger partial charge in [0.1, 0.15) is 4.90 Å². The molecule has 26 heavy (non-hydrogen) atoms. The Balaban J connectivity index is 2.47. The van der Waals surface area contributed by atoms with Crippen molar-refractivity contribution in [2.24, 2.45) is 0 Å². The molecule has 2 aromatic rings. The highest BCUT2D eigenvalue weighted by atomic mass is 32.2. The van der Waals surface area contributed by atoms with Crippen LogP contribution in [0.3, 0.4) is 0 Å². The highest BCUT2D eigenvalue weighted by molar-refractivity contribution is 7.92. The van der Waals surface area contributed by atoms with E-state index in [1.165, 1.54) is 13.2 Å². The first kappa shape index (κ1) is 19.8. The molecule has 0 bridgehead atoms. The topological polar surface area (TPSA) is 84.5 Å². The molecule has 0 saturated carbocycles. The van der Waals surface area contributed by atoms with Gasteiger partial charge in [0.05, 0.1) is 18.4 Å². The van der Waals surface area contributed by atoms with E-state index in [9.17, 15) is 13.2 Å². The van der Waals surface area contributed by atoms with E-state index in [-0.39, 0.29) is 16.5 Å². The minimum Gasteiger partial charge on any atom is -0.465 e. The van der Waals surface area contributed by atoms with Gasteiger partial charge in [-0.25, -0.2) is 13.2 Å².